The molecule has 5 N–H and O–H groups in total. The number of hydrogen-bond donors (Lipinski definition) is 3. The molecule has 0 atom stereocenters. The third-order valence-electron chi connectivity index (χ3n) is 1.59. The van der Waals surface area contributed by atoms with Gasteiger partial charge in [0.05, 0.1) is 5.56 Å². The molecule has 0 heterocycles. The molecule has 0 spiro atoms. The maximum absolute atomic E-state index is 13.2. The number of halogens is 3. The first-order valence-corrected chi connectivity index (χ1v) is 3.48. The van der Waals surface area contributed by atoms with E-state index in [1.165, 1.54) is 6.07 Å². The van der Waals surface area contributed by atoms with Crippen molar-refractivity contribution in [2.45, 2.75) is 6.54 Å². The topological polar surface area (TPSA) is 75.9 Å². The second kappa shape index (κ2) is 6.59. The Morgan fingerprint density at radius 3 is 2.36 bits per heavy atom. The summed E-state index contributed by atoms with van der Waals surface area (Å²) in [4.78, 5) is 0. The average molecular weight is 240 g/mol. The normalized spacial score (nSPS) is 8.43. The summed E-state index contributed by atoms with van der Waals surface area (Å²) in [6, 6.07) is 4.65. The highest BCUT2D eigenvalue weighted by molar-refractivity contribution is 5.95. The lowest BCUT2D eigenvalue weighted by molar-refractivity contribution is 0.608. The van der Waals surface area contributed by atoms with Crippen LogP contribution < -0.4 is 11.5 Å². The fraction of sp³-hybridized carbons (Fsp3) is 0.125. The maximum atomic E-state index is 13.2. The molecule has 1 aromatic carbocycles. The minimum Gasteiger partial charge on any atom is -0.384 e. The van der Waals surface area contributed by atoms with Crippen LogP contribution in [0.4, 0.5) is 4.39 Å². The highest BCUT2D eigenvalue weighted by atomic mass is 35.5. The number of benzene rings is 1. The van der Waals surface area contributed by atoms with Gasteiger partial charge in [0.2, 0.25) is 0 Å². The second-order valence-electron chi connectivity index (χ2n) is 2.40. The highest BCUT2D eigenvalue weighted by Gasteiger charge is 2.07. The fourth-order valence-electron chi connectivity index (χ4n) is 0.945. The van der Waals surface area contributed by atoms with E-state index in [0.29, 0.717) is 5.56 Å². The third-order valence-corrected chi connectivity index (χ3v) is 1.59. The Morgan fingerprint density at radius 2 is 1.93 bits per heavy atom. The maximum Gasteiger partial charge on any atom is 0.138 e. The van der Waals surface area contributed by atoms with Crippen molar-refractivity contribution in [2.24, 2.45) is 11.5 Å². The molecular weight excluding hydrogens is 228 g/mol. The largest absolute Gasteiger partial charge is 0.384 e. The Bertz CT molecular complexity index is 317. The second-order valence-corrected chi connectivity index (χ2v) is 2.40. The van der Waals surface area contributed by atoms with Crippen molar-refractivity contribution in [1.29, 1.82) is 5.41 Å². The SMILES string of the molecule is Cl.Cl.N=C(N)c1cccc(CN)c1F. The molecule has 0 fully saturated rings. The molecule has 0 saturated heterocycles. The molecule has 0 bridgehead atoms. The van der Waals surface area contributed by atoms with Crippen LogP contribution in [0.2, 0.25) is 0 Å². The van der Waals surface area contributed by atoms with E-state index in [9.17, 15) is 4.39 Å². The molecule has 1 rings (SSSR count). The number of hydrogen-bond acceptors (Lipinski definition) is 2. The van der Waals surface area contributed by atoms with Crippen LogP contribution in [0.15, 0.2) is 18.2 Å². The minimum atomic E-state index is -0.493. The molecule has 14 heavy (non-hydrogen) atoms. The van der Waals surface area contributed by atoms with E-state index in [4.69, 9.17) is 16.9 Å². The van der Waals surface area contributed by atoms with E-state index >= 15 is 0 Å². The van der Waals surface area contributed by atoms with Gasteiger partial charge in [0.1, 0.15) is 11.7 Å². The van der Waals surface area contributed by atoms with Gasteiger partial charge in [-0.2, -0.15) is 0 Å². The van der Waals surface area contributed by atoms with E-state index in [-0.39, 0.29) is 42.8 Å². The van der Waals surface area contributed by atoms with Crippen LogP contribution in [-0.4, -0.2) is 5.84 Å². The Kier molecular flexibility index (Phi) is 7.35. The van der Waals surface area contributed by atoms with Gasteiger partial charge in [0, 0.05) is 12.1 Å². The summed E-state index contributed by atoms with van der Waals surface area (Å²) in [5, 5.41) is 7.04. The molecule has 0 unspecified atom stereocenters. The number of nitrogen functional groups attached to an aromatic ring is 1. The van der Waals surface area contributed by atoms with Crippen molar-refractivity contribution < 1.29 is 4.39 Å². The lowest BCUT2D eigenvalue weighted by atomic mass is 10.1. The molecule has 0 aliphatic carbocycles. The summed E-state index contributed by atoms with van der Waals surface area (Å²) in [6.07, 6.45) is 0. The Hall–Kier alpha value is -0.840. The Labute approximate surface area is 94.0 Å². The summed E-state index contributed by atoms with van der Waals surface area (Å²) in [5.74, 6) is -0.768. The van der Waals surface area contributed by atoms with Crippen LogP contribution in [0, 0.1) is 11.2 Å². The van der Waals surface area contributed by atoms with Crippen LogP contribution in [0.25, 0.3) is 0 Å². The predicted octanol–water partition coefficient (Wildman–Crippen LogP) is 1.41. The first-order chi connectivity index (χ1) is 5.66. The lowest BCUT2D eigenvalue weighted by Crippen LogP contribution is -2.15. The monoisotopic (exact) mass is 239 g/mol. The zero-order chi connectivity index (χ0) is 9.14. The number of amidine groups is 1. The van der Waals surface area contributed by atoms with Gasteiger partial charge in [-0.05, 0) is 6.07 Å². The van der Waals surface area contributed by atoms with Gasteiger partial charge in [-0.25, -0.2) is 4.39 Å². The van der Waals surface area contributed by atoms with Gasteiger partial charge < -0.3 is 11.5 Å². The Morgan fingerprint density at radius 1 is 1.36 bits per heavy atom. The summed E-state index contributed by atoms with van der Waals surface area (Å²) in [6.45, 7) is 0.118. The lowest BCUT2D eigenvalue weighted by Gasteiger charge is -2.03. The number of nitrogens with two attached hydrogens (primary N) is 2. The van der Waals surface area contributed by atoms with Gasteiger partial charge in [0.15, 0.2) is 0 Å². The summed E-state index contributed by atoms with van der Waals surface area (Å²) >= 11 is 0. The molecule has 1 aromatic rings. The van der Waals surface area contributed by atoms with Crippen LogP contribution in [-0.2, 0) is 6.54 Å². The predicted molar refractivity (Wildman–Crippen MR) is 59.8 cm³/mol. The van der Waals surface area contributed by atoms with Crippen molar-refractivity contribution in [3.05, 3.63) is 35.1 Å². The number of nitrogens with one attached hydrogen (secondary N) is 1. The zero-order valence-electron chi connectivity index (χ0n) is 7.29. The van der Waals surface area contributed by atoms with Gasteiger partial charge in [-0.3, -0.25) is 5.41 Å². The third kappa shape index (κ3) is 3.14. The molecule has 0 aliphatic rings. The summed E-state index contributed by atoms with van der Waals surface area (Å²) in [5.41, 5.74) is 10.9. The number of rotatable bonds is 2. The van der Waals surface area contributed by atoms with Crippen LogP contribution >= 0.6 is 24.8 Å². The molecule has 3 nitrogen and oxygen atoms in total. The van der Waals surface area contributed by atoms with Gasteiger partial charge >= 0.3 is 0 Å². The average Bonchev–Trinajstić information content (AvgIpc) is 2.04. The first-order valence-electron chi connectivity index (χ1n) is 3.48. The summed E-state index contributed by atoms with van der Waals surface area (Å²) in [7, 11) is 0. The molecular formula is C8H12Cl2FN3. The molecule has 0 radical (unpaired) electrons. The standard InChI is InChI=1S/C8H10FN3.2ClH/c9-7-5(4-10)2-1-3-6(7)8(11)12;;/h1-3H,4,10H2,(H3,11,12);2*1H. The highest BCUT2D eigenvalue weighted by Crippen LogP contribution is 2.11. The van der Waals surface area contributed by atoms with Gasteiger partial charge in [-0.15, -0.1) is 24.8 Å². The van der Waals surface area contributed by atoms with E-state index < -0.39 is 5.82 Å². The Balaban J connectivity index is 0. The van der Waals surface area contributed by atoms with Crippen LogP contribution in [0.5, 0.6) is 0 Å². The van der Waals surface area contributed by atoms with E-state index in [1.54, 1.807) is 12.1 Å². The van der Waals surface area contributed by atoms with Gasteiger partial charge in [-0.1, -0.05) is 12.1 Å². The first kappa shape index (κ1) is 15.6. The van der Waals surface area contributed by atoms with Crippen molar-refractivity contribution >= 4 is 30.6 Å². The molecule has 80 valence electrons. The van der Waals surface area contributed by atoms with E-state index in [2.05, 4.69) is 0 Å². The van der Waals surface area contributed by atoms with Gasteiger partial charge in [0.25, 0.3) is 0 Å². The molecule has 0 amide bonds. The van der Waals surface area contributed by atoms with Crippen molar-refractivity contribution in [3.63, 3.8) is 0 Å². The minimum absolute atomic E-state index is 0. The van der Waals surface area contributed by atoms with E-state index in [0.717, 1.165) is 0 Å². The molecule has 0 aromatic heterocycles. The van der Waals surface area contributed by atoms with Crippen molar-refractivity contribution in [3.8, 4) is 0 Å². The fourth-order valence-corrected chi connectivity index (χ4v) is 0.945. The van der Waals surface area contributed by atoms with Crippen molar-refractivity contribution in [1.82, 2.24) is 0 Å². The van der Waals surface area contributed by atoms with Crippen molar-refractivity contribution in [2.75, 3.05) is 0 Å². The molecule has 0 saturated carbocycles. The zero-order valence-corrected chi connectivity index (χ0v) is 8.92. The van der Waals surface area contributed by atoms with Crippen LogP contribution in [0.3, 0.4) is 0 Å². The van der Waals surface area contributed by atoms with E-state index in [1.807, 2.05) is 0 Å². The van der Waals surface area contributed by atoms with Crippen LogP contribution in [0.1, 0.15) is 11.1 Å². The molecule has 6 heteroatoms. The quantitative estimate of drug-likeness (QED) is 0.540. The summed E-state index contributed by atoms with van der Waals surface area (Å²) < 4.78 is 13.2. The smallest absolute Gasteiger partial charge is 0.138 e. The molecule has 0 aliphatic heterocycles.